The normalized spacial score (nSPS) is 13.8. The van der Waals surface area contributed by atoms with Crippen LogP contribution < -0.4 is 4.18 Å². The molecule has 0 unspecified atom stereocenters. The van der Waals surface area contributed by atoms with E-state index in [1.165, 1.54) is 18.3 Å². The predicted octanol–water partition coefficient (Wildman–Crippen LogP) is 3.10. The van der Waals surface area contributed by atoms with Crippen molar-refractivity contribution < 1.29 is 62.0 Å². The molecule has 18 heteroatoms. The Kier molecular flexibility index (Phi) is 5.68. The van der Waals surface area contributed by atoms with Crippen molar-refractivity contribution in [1.29, 1.82) is 0 Å². The van der Waals surface area contributed by atoms with Crippen molar-refractivity contribution in [2.45, 2.75) is 23.3 Å². The van der Waals surface area contributed by atoms with Crippen LogP contribution in [0.4, 0.5) is 39.5 Å². The van der Waals surface area contributed by atoms with Crippen molar-refractivity contribution in [3.05, 3.63) is 36.4 Å². The maximum atomic E-state index is 13.7. The van der Waals surface area contributed by atoms with Crippen molar-refractivity contribution in [2.75, 3.05) is 0 Å². The summed E-state index contributed by atoms with van der Waals surface area (Å²) in [6, 6.07) is 2.43. The van der Waals surface area contributed by atoms with E-state index in [0.29, 0.717) is 4.68 Å². The van der Waals surface area contributed by atoms with Gasteiger partial charge in [-0.15, -0.1) is 0 Å². The summed E-state index contributed by atoms with van der Waals surface area (Å²) in [5.74, 6) is -18.9. The zero-order valence-electron chi connectivity index (χ0n) is 14.1. The minimum atomic E-state index is -7.54. The van der Waals surface area contributed by atoms with Gasteiger partial charge >= 0.3 is 39.4 Å². The average Bonchev–Trinajstić information content (AvgIpc) is 3.04. The van der Waals surface area contributed by atoms with E-state index in [0.717, 1.165) is 6.20 Å². The molecule has 2 heterocycles. The molecule has 2 rings (SSSR count). The summed E-state index contributed by atoms with van der Waals surface area (Å²) in [5, 5.41) is 5.01. The van der Waals surface area contributed by atoms with E-state index in [-0.39, 0.29) is 11.9 Å². The topological polar surface area (TPSA) is 111 Å². The number of hydrogen-bond acceptors (Lipinski definition) is 6. The molecule has 0 radical (unpaired) electrons. The summed E-state index contributed by atoms with van der Waals surface area (Å²) in [7, 11) is -7.33. The SMILES string of the molecule is O=C(O)c1nn(-c2cccnc2)cc1OS(=O)(=O)C(F)(F)C(F)(F)C(F)(F)C(F)(F)F. The molecule has 31 heavy (non-hydrogen) atoms. The summed E-state index contributed by atoms with van der Waals surface area (Å²) in [5.41, 5.74) is -1.60. The van der Waals surface area contributed by atoms with E-state index in [1.54, 1.807) is 0 Å². The first kappa shape index (κ1) is 24.2. The molecule has 172 valence electrons. The fourth-order valence-corrected chi connectivity index (χ4v) is 2.78. The second-order valence-electron chi connectivity index (χ2n) is 5.50. The zero-order valence-corrected chi connectivity index (χ0v) is 14.9. The molecule has 1 N–H and O–H groups in total. The van der Waals surface area contributed by atoms with Crippen molar-refractivity contribution in [2.24, 2.45) is 0 Å². The lowest BCUT2D eigenvalue weighted by Gasteiger charge is -2.32. The van der Waals surface area contributed by atoms with Gasteiger partial charge in [-0.1, -0.05) is 0 Å². The van der Waals surface area contributed by atoms with Gasteiger partial charge in [-0.05, 0) is 12.1 Å². The highest BCUT2D eigenvalue weighted by atomic mass is 32.2. The van der Waals surface area contributed by atoms with Gasteiger partial charge in [0.2, 0.25) is 5.69 Å². The van der Waals surface area contributed by atoms with Gasteiger partial charge in [-0.3, -0.25) is 4.98 Å². The fourth-order valence-electron chi connectivity index (χ4n) is 1.88. The van der Waals surface area contributed by atoms with E-state index >= 15 is 0 Å². The van der Waals surface area contributed by atoms with Crippen LogP contribution in [0.15, 0.2) is 30.7 Å². The molecular formula is C13H6F9N3O5S. The Balaban J connectivity index is 2.55. The zero-order chi connectivity index (χ0) is 24.0. The minimum absolute atomic E-state index is 0.127. The van der Waals surface area contributed by atoms with Crippen LogP contribution in [0.25, 0.3) is 5.69 Å². The highest BCUT2D eigenvalue weighted by Crippen LogP contribution is 2.55. The van der Waals surface area contributed by atoms with Gasteiger partial charge in [-0.25, -0.2) is 9.48 Å². The molecular weight excluding hydrogens is 481 g/mol. The number of alkyl halides is 9. The van der Waals surface area contributed by atoms with Gasteiger partial charge in [0.15, 0.2) is 5.75 Å². The maximum Gasteiger partial charge on any atom is 0.460 e. The minimum Gasteiger partial charge on any atom is -0.476 e. The van der Waals surface area contributed by atoms with Gasteiger partial charge in [0, 0.05) is 6.20 Å². The highest BCUT2D eigenvalue weighted by Gasteiger charge is 2.86. The number of aromatic nitrogens is 3. The van der Waals surface area contributed by atoms with Gasteiger partial charge in [0.25, 0.3) is 0 Å². The lowest BCUT2D eigenvalue weighted by atomic mass is 10.1. The molecule has 2 aromatic heterocycles. The van der Waals surface area contributed by atoms with Crippen LogP contribution in [0, 0.1) is 0 Å². The molecule has 0 atom stereocenters. The van der Waals surface area contributed by atoms with E-state index in [9.17, 15) is 52.7 Å². The third kappa shape index (κ3) is 3.86. The summed E-state index contributed by atoms with van der Waals surface area (Å²) < 4.78 is 144. The van der Waals surface area contributed by atoms with Crippen molar-refractivity contribution in [3.8, 4) is 11.4 Å². The first-order chi connectivity index (χ1) is 13.9. The number of hydrogen-bond donors (Lipinski definition) is 1. The number of carbonyl (C=O) groups is 1. The number of nitrogens with zero attached hydrogens (tertiary/aromatic N) is 3. The lowest BCUT2D eigenvalue weighted by Crippen LogP contribution is -2.63. The van der Waals surface area contributed by atoms with Crippen molar-refractivity contribution in [1.82, 2.24) is 14.8 Å². The van der Waals surface area contributed by atoms with Gasteiger partial charge < -0.3 is 9.29 Å². The Morgan fingerprint density at radius 1 is 1.03 bits per heavy atom. The predicted molar refractivity (Wildman–Crippen MR) is 78.8 cm³/mol. The summed E-state index contributed by atoms with van der Waals surface area (Å²) in [6.07, 6.45) is -4.80. The van der Waals surface area contributed by atoms with E-state index in [4.69, 9.17) is 5.11 Å². The Bertz CT molecular complexity index is 1080. The number of aromatic carboxylic acids is 1. The van der Waals surface area contributed by atoms with E-state index in [1.807, 2.05) is 0 Å². The number of rotatable bonds is 7. The van der Waals surface area contributed by atoms with Crippen LogP contribution in [-0.2, 0) is 10.1 Å². The van der Waals surface area contributed by atoms with Crippen LogP contribution in [-0.4, -0.2) is 57.5 Å². The molecule has 0 fully saturated rings. The molecule has 0 amide bonds. The quantitative estimate of drug-likeness (QED) is 0.472. The number of carboxylic acids is 1. The number of pyridine rings is 1. The second kappa shape index (κ2) is 7.27. The number of halogens is 9. The summed E-state index contributed by atoms with van der Waals surface area (Å²) >= 11 is 0. The van der Waals surface area contributed by atoms with Gasteiger partial charge in [-0.2, -0.15) is 53.0 Å². The molecule has 0 aliphatic carbocycles. The Labute approximate surface area is 165 Å². The molecule has 2 aromatic rings. The molecule has 0 saturated heterocycles. The smallest absolute Gasteiger partial charge is 0.460 e. The Morgan fingerprint density at radius 2 is 1.61 bits per heavy atom. The molecule has 8 nitrogen and oxygen atoms in total. The largest absolute Gasteiger partial charge is 0.476 e. The third-order valence-electron chi connectivity index (χ3n) is 3.42. The maximum absolute atomic E-state index is 13.7. The fraction of sp³-hybridized carbons (Fsp3) is 0.308. The first-order valence-corrected chi connectivity index (χ1v) is 8.65. The summed E-state index contributed by atoms with van der Waals surface area (Å²) in [4.78, 5) is 14.7. The van der Waals surface area contributed by atoms with Gasteiger partial charge in [0.05, 0.1) is 18.1 Å². The lowest BCUT2D eigenvalue weighted by molar-refractivity contribution is -0.382. The van der Waals surface area contributed by atoms with Gasteiger partial charge in [0.1, 0.15) is 0 Å². The van der Waals surface area contributed by atoms with E-state index < -0.39 is 50.8 Å². The third-order valence-corrected chi connectivity index (χ3v) is 4.71. The van der Waals surface area contributed by atoms with Crippen LogP contribution in [0.5, 0.6) is 5.75 Å². The van der Waals surface area contributed by atoms with E-state index in [2.05, 4.69) is 14.3 Å². The molecule has 0 aromatic carbocycles. The second-order valence-corrected chi connectivity index (χ2v) is 7.09. The highest BCUT2D eigenvalue weighted by molar-refractivity contribution is 7.88. The first-order valence-electron chi connectivity index (χ1n) is 7.24. The van der Waals surface area contributed by atoms with Crippen LogP contribution in [0.3, 0.4) is 0 Å². The molecule has 0 bridgehead atoms. The summed E-state index contributed by atoms with van der Waals surface area (Å²) in [6.45, 7) is 0. The Morgan fingerprint density at radius 3 is 2.06 bits per heavy atom. The molecule has 0 saturated carbocycles. The standard InChI is InChI=1S/C13H6F9N3O5S/c14-10(15,12(18,19)20)11(16,17)13(21,22)31(28,29)30-7-5-25(24-8(7)9(26)27)6-2-1-3-23-4-6/h1-5H,(H,26,27). The Hall–Kier alpha value is -3.05. The van der Waals surface area contributed by atoms with Crippen molar-refractivity contribution in [3.63, 3.8) is 0 Å². The van der Waals surface area contributed by atoms with Crippen LogP contribution in [0.2, 0.25) is 0 Å². The van der Waals surface area contributed by atoms with Crippen LogP contribution in [0.1, 0.15) is 10.5 Å². The molecule has 0 aliphatic rings. The molecule has 0 spiro atoms. The number of carboxylic acid groups (broad SMARTS) is 1. The van der Waals surface area contributed by atoms with Crippen LogP contribution >= 0.6 is 0 Å². The monoisotopic (exact) mass is 487 g/mol. The molecule has 0 aliphatic heterocycles. The van der Waals surface area contributed by atoms with Crippen molar-refractivity contribution >= 4 is 16.1 Å². The average molecular weight is 487 g/mol.